The second kappa shape index (κ2) is 11.8. The van der Waals surface area contributed by atoms with E-state index in [1.165, 1.54) is 24.3 Å². The lowest BCUT2D eigenvalue weighted by atomic mass is 10.0. The van der Waals surface area contributed by atoms with Crippen molar-refractivity contribution in [2.75, 3.05) is 22.9 Å². The molecular weight excluding hydrogens is 557 g/mol. The summed E-state index contributed by atoms with van der Waals surface area (Å²) in [6.07, 6.45) is 2.10. The van der Waals surface area contributed by atoms with Crippen LogP contribution in [0, 0.1) is 5.82 Å². The number of primary amides is 1. The summed E-state index contributed by atoms with van der Waals surface area (Å²) in [6.45, 7) is 1.82. The average Bonchev–Trinajstić information content (AvgIpc) is 3.25. The van der Waals surface area contributed by atoms with E-state index >= 15 is 0 Å². The van der Waals surface area contributed by atoms with Crippen molar-refractivity contribution in [2.24, 2.45) is 5.73 Å². The Morgan fingerprint density at radius 3 is 2.30 bits per heavy atom. The van der Waals surface area contributed by atoms with Gasteiger partial charge in [-0.05, 0) is 60.7 Å². The third-order valence-electron chi connectivity index (χ3n) is 6.48. The summed E-state index contributed by atoms with van der Waals surface area (Å²) in [5.74, 6) is -0.887. The summed E-state index contributed by atoms with van der Waals surface area (Å²) in [6, 6.07) is 15.4. The van der Waals surface area contributed by atoms with Crippen molar-refractivity contribution >= 4 is 42.7 Å². The van der Waals surface area contributed by atoms with Gasteiger partial charge in [0.2, 0.25) is 15.7 Å². The maximum Gasteiger partial charge on any atom is 0.252 e. The van der Waals surface area contributed by atoms with E-state index in [9.17, 15) is 26.0 Å². The summed E-state index contributed by atoms with van der Waals surface area (Å²) in [5.41, 5.74) is 7.08. The van der Waals surface area contributed by atoms with Gasteiger partial charge in [-0.25, -0.2) is 21.2 Å². The van der Waals surface area contributed by atoms with Gasteiger partial charge in [0, 0.05) is 13.0 Å². The molecule has 0 bridgehead atoms. The highest BCUT2D eigenvalue weighted by Crippen LogP contribution is 2.32. The number of furan rings is 1. The Kier molecular flexibility index (Phi) is 8.59. The molecule has 0 spiro atoms. The first-order chi connectivity index (χ1) is 18.9. The third kappa shape index (κ3) is 6.50. The minimum atomic E-state index is -3.81. The molecule has 2 aromatic carbocycles. The van der Waals surface area contributed by atoms with Crippen molar-refractivity contribution < 1.29 is 30.4 Å². The first kappa shape index (κ1) is 29.2. The molecule has 0 unspecified atom stereocenters. The number of rotatable bonds is 12. The molecule has 40 heavy (non-hydrogen) atoms. The zero-order valence-corrected chi connectivity index (χ0v) is 23.8. The number of hydrogen-bond acceptors (Lipinski definition) is 7. The van der Waals surface area contributed by atoms with E-state index in [0.717, 1.165) is 10.6 Å². The Bertz CT molecular complexity index is 1740. The SMILES string of the molecule is CCc1cc2c(C(N)=O)c(Cc3ccc(F)cc3)oc2nc1N(CCCCS(=O)(=O)c1ccccc1)S(C)(=O)=O. The smallest absolute Gasteiger partial charge is 0.252 e. The number of benzene rings is 2. The number of amides is 1. The number of fused-ring (bicyclic) bond motifs is 1. The lowest BCUT2D eigenvalue weighted by Crippen LogP contribution is -2.32. The number of sulfonamides is 1. The van der Waals surface area contributed by atoms with Gasteiger partial charge in [0.1, 0.15) is 17.4 Å². The van der Waals surface area contributed by atoms with Crippen LogP contribution in [0.4, 0.5) is 10.2 Å². The molecule has 2 heterocycles. The second-order valence-corrected chi connectivity index (χ2v) is 13.4. The molecule has 212 valence electrons. The maximum atomic E-state index is 13.4. The highest BCUT2D eigenvalue weighted by molar-refractivity contribution is 7.92. The van der Waals surface area contributed by atoms with Crippen molar-refractivity contribution in [3.63, 3.8) is 0 Å². The Labute approximate surface area is 232 Å². The Balaban J connectivity index is 1.64. The second-order valence-electron chi connectivity index (χ2n) is 9.42. The van der Waals surface area contributed by atoms with Crippen LogP contribution < -0.4 is 10.0 Å². The van der Waals surface area contributed by atoms with Gasteiger partial charge in [0.15, 0.2) is 9.84 Å². The fraction of sp³-hybridized carbons (Fsp3) is 0.286. The van der Waals surface area contributed by atoms with Gasteiger partial charge in [0.05, 0.1) is 27.9 Å². The van der Waals surface area contributed by atoms with E-state index in [1.807, 2.05) is 6.92 Å². The molecule has 0 saturated heterocycles. The molecule has 0 atom stereocenters. The van der Waals surface area contributed by atoms with E-state index in [1.54, 1.807) is 36.4 Å². The molecule has 2 N–H and O–H groups in total. The van der Waals surface area contributed by atoms with Crippen LogP contribution >= 0.6 is 0 Å². The summed E-state index contributed by atoms with van der Waals surface area (Å²) in [5, 5.41) is 0.354. The van der Waals surface area contributed by atoms with Gasteiger partial charge in [-0.1, -0.05) is 37.3 Å². The molecule has 0 fully saturated rings. The lowest BCUT2D eigenvalue weighted by molar-refractivity contribution is 0.1000. The number of carbonyl (C=O) groups excluding carboxylic acids is 1. The Morgan fingerprint density at radius 1 is 1.02 bits per heavy atom. The normalized spacial score (nSPS) is 12.1. The molecule has 0 aliphatic carbocycles. The number of sulfone groups is 1. The van der Waals surface area contributed by atoms with Gasteiger partial charge in [0.25, 0.3) is 5.91 Å². The van der Waals surface area contributed by atoms with E-state index < -0.39 is 31.6 Å². The highest BCUT2D eigenvalue weighted by Gasteiger charge is 2.27. The van der Waals surface area contributed by atoms with Crippen molar-refractivity contribution in [2.45, 2.75) is 37.5 Å². The number of unbranched alkanes of at least 4 members (excludes halogenated alkanes) is 1. The largest absolute Gasteiger partial charge is 0.441 e. The van der Waals surface area contributed by atoms with Gasteiger partial charge < -0.3 is 10.2 Å². The molecule has 0 aliphatic rings. The summed E-state index contributed by atoms with van der Waals surface area (Å²) in [7, 11) is -7.31. The first-order valence-corrected chi connectivity index (χ1v) is 16.2. The third-order valence-corrected chi connectivity index (χ3v) is 9.45. The lowest BCUT2D eigenvalue weighted by Gasteiger charge is -2.23. The van der Waals surface area contributed by atoms with Crippen LogP contribution in [0.2, 0.25) is 0 Å². The highest BCUT2D eigenvalue weighted by atomic mass is 32.2. The van der Waals surface area contributed by atoms with Gasteiger partial charge >= 0.3 is 0 Å². The molecule has 12 heteroatoms. The van der Waals surface area contributed by atoms with E-state index in [4.69, 9.17) is 10.2 Å². The van der Waals surface area contributed by atoms with Crippen LogP contribution in [-0.2, 0) is 32.7 Å². The van der Waals surface area contributed by atoms with Crippen LogP contribution in [0.5, 0.6) is 0 Å². The fourth-order valence-electron chi connectivity index (χ4n) is 4.48. The topological polar surface area (TPSA) is 141 Å². The molecular formula is C28H30FN3O6S2. The number of halogens is 1. The number of aromatic nitrogens is 1. The molecule has 0 radical (unpaired) electrons. The average molecular weight is 588 g/mol. The summed E-state index contributed by atoms with van der Waals surface area (Å²) < 4.78 is 71.3. The van der Waals surface area contributed by atoms with Crippen LogP contribution in [0.15, 0.2) is 70.0 Å². The van der Waals surface area contributed by atoms with Crippen molar-refractivity contribution in [3.8, 4) is 0 Å². The van der Waals surface area contributed by atoms with E-state index in [-0.39, 0.29) is 59.3 Å². The fourth-order valence-corrected chi connectivity index (χ4v) is 6.81. The van der Waals surface area contributed by atoms with Crippen LogP contribution in [0.1, 0.15) is 47.0 Å². The molecule has 1 amide bonds. The number of nitrogens with two attached hydrogens (primary N) is 1. The maximum absolute atomic E-state index is 13.4. The van der Waals surface area contributed by atoms with Crippen molar-refractivity contribution in [3.05, 3.63) is 88.9 Å². The van der Waals surface area contributed by atoms with Gasteiger partial charge in [-0.15, -0.1) is 0 Å². The predicted octanol–water partition coefficient (Wildman–Crippen LogP) is 4.24. The first-order valence-electron chi connectivity index (χ1n) is 12.7. The van der Waals surface area contributed by atoms with Gasteiger partial charge in [-0.2, -0.15) is 4.98 Å². The monoisotopic (exact) mass is 587 g/mol. The zero-order valence-electron chi connectivity index (χ0n) is 22.1. The Morgan fingerprint density at radius 2 is 1.70 bits per heavy atom. The molecule has 9 nitrogen and oxygen atoms in total. The number of pyridine rings is 1. The van der Waals surface area contributed by atoms with Crippen molar-refractivity contribution in [1.82, 2.24) is 4.98 Å². The van der Waals surface area contributed by atoms with Gasteiger partial charge in [-0.3, -0.25) is 9.10 Å². The zero-order chi connectivity index (χ0) is 29.1. The van der Waals surface area contributed by atoms with E-state index in [0.29, 0.717) is 22.9 Å². The van der Waals surface area contributed by atoms with E-state index in [2.05, 4.69) is 4.98 Å². The number of nitrogens with zero attached hydrogens (tertiary/aromatic N) is 2. The number of anilines is 1. The number of carbonyl (C=O) groups is 1. The predicted molar refractivity (Wildman–Crippen MR) is 151 cm³/mol. The van der Waals surface area contributed by atoms with Crippen molar-refractivity contribution in [1.29, 1.82) is 0 Å². The summed E-state index contributed by atoms with van der Waals surface area (Å²) in [4.78, 5) is 17.1. The minimum absolute atomic E-state index is 0.000468. The molecule has 4 rings (SSSR count). The standard InChI is InChI=1S/C28H30FN3O6S2/c1-3-20-18-23-25(26(30)33)24(17-19-11-13-21(29)14-12-19)38-28(23)31-27(20)32(39(2,34)35)15-7-8-16-40(36,37)22-9-5-4-6-10-22/h4-6,9-14,18H,3,7-8,15-17H2,1-2H3,(H2,30,33). The minimum Gasteiger partial charge on any atom is -0.441 e. The summed E-state index contributed by atoms with van der Waals surface area (Å²) >= 11 is 0. The number of hydrogen-bond donors (Lipinski definition) is 1. The van der Waals surface area contributed by atoms with Crippen LogP contribution in [0.3, 0.4) is 0 Å². The van der Waals surface area contributed by atoms with Crippen LogP contribution in [-0.4, -0.2) is 46.3 Å². The van der Waals surface area contributed by atoms with Crippen LogP contribution in [0.25, 0.3) is 11.1 Å². The molecule has 0 saturated carbocycles. The molecule has 0 aliphatic heterocycles. The number of aryl methyl sites for hydroxylation is 1. The Hall–Kier alpha value is -3.77. The quantitative estimate of drug-likeness (QED) is 0.245. The molecule has 4 aromatic rings. The molecule has 2 aromatic heterocycles.